The van der Waals surface area contributed by atoms with Gasteiger partial charge in [0.15, 0.2) is 0 Å². The van der Waals surface area contributed by atoms with E-state index in [1.165, 1.54) is 11.5 Å². The molecule has 0 aromatic carbocycles. The zero-order chi connectivity index (χ0) is 8.10. The normalized spacial score (nSPS) is 23.5. The van der Waals surface area contributed by atoms with Crippen LogP contribution in [0.25, 0.3) is 0 Å². The van der Waals surface area contributed by atoms with Crippen LogP contribution in [0.15, 0.2) is 0 Å². The zero-order valence-electron chi connectivity index (χ0n) is 6.70. The molecule has 11 heavy (non-hydrogen) atoms. The van der Waals surface area contributed by atoms with E-state index in [4.69, 9.17) is 5.73 Å². The van der Waals surface area contributed by atoms with Crippen molar-refractivity contribution in [2.24, 2.45) is 5.73 Å². The third kappa shape index (κ3) is 3.42. The Hall–Kier alpha value is 0.230. The largest absolute Gasteiger partial charge is 0.390 e. The van der Waals surface area contributed by atoms with Crippen molar-refractivity contribution in [1.29, 1.82) is 0 Å². The Labute approximate surface area is 71.9 Å². The van der Waals surface area contributed by atoms with Gasteiger partial charge in [-0.05, 0) is 0 Å². The minimum Gasteiger partial charge on any atom is -0.390 e. The molecule has 1 aliphatic rings. The van der Waals surface area contributed by atoms with E-state index in [1.807, 2.05) is 11.8 Å². The Morgan fingerprint density at radius 1 is 1.45 bits per heavy atom. The summed E-state index contributed by atoms with van der Waals surface area (Å²) in [5.41, 5.74) is 5.31. The van der Waals surface area contributed by atoms with Crippen LogP contribution >= 0.6 is 11.8 Å². The molecule has 0 saturated carbocycles. The maximum atomic E-state index is 9.24. The summed E-state index contributed by atoms with van der Waals surface area (Å²) < 4.78 is 0. The van der Waals surface area contributed by atoms with Gasteiger partial charge in [-0.15, -0.1) is 0 Å². The van der Waals surface area contributed by atoms with Crippen molar-refractivity contribution < 1.29 is 5.11 Å². The lowest BCUT2D eigenvalue weighted by Crippen LogP contribution is -2.40. The van der Waals surface area contributed by atoms with Crippen LogP contribution in [0.3, 0.4) is 0 Å². The summed E-state index contributed by atoms with van der Waals surface area (Å²) in [6, 6.07) is 0. The van der Waals surface area contributed by atoms with Crippen molar-refractivity contribution in [3.63, 3.8) is 0 Å². The van der Waals surface area contributed by atoms with E-state index in [9.17, 15) is 5.11 Å². The molecule has 0 bridgehead atoms. The smallest absolute Gasteiger partial charge is 0.0789 e. The van der Waals surface area contributed by atoms with Gasteiger partial charge < -0.3 is 10.8 Å². The minimum atomic E-state index is -0.335. The highest BCUT2D eigenvalue weighted by Gasteiger charge is 2.12. The van der Waals surface area contributed by atoms with Crippen LogP contribution < -0.4 is 5.73 Å². The number of rotatable bonds is 3. The third-order valence-electron chi connectivity index (χ3n) is 1.84. The highest BCUT2D eigenvalue weighted by atomic mass is 32.2. The van der Waals surface area contributed by atoms with E-state index in [0.29, 0.717) is 6.54 Å². The van der Waals surface area contributed by atoms with Crippen LogP contribution in [0, 0.1) is 0 Å². The quantitative estimate of drug-likeness (QED) is 0.600. The maximum Gasteiger partial charge on any atom is 0.0789 e. The summed E-state index contributed by atoms with van der Waals surface area (Å²) in [7, 11) is 0. The number of nitrogens with two attached hydrogens (primary N) is 1. The predicted octanol–water partition coefficient (Wildman–Crippen LogP) is -0.645. The molecule has 66 valence electrons. The average molecular weight is 176 g/mol. The van der Waals surface area contributed by atoms with Crippen molar-refractivity contribution in [2.45, 2.75) is 6.10 Å². The lowest BCUT2D eigenvalue weighted by Gasteiger charge is -2.27. The first kappa shape index (κ1) is 9.32. The summed E-state index contributed by atoms with van der Waals surface area (Å²) in [5.74, 6) is 2.38. The number of aliphatic hydroxyl groups is 1. The van der Waals surface area contributed by atoms with Crippen molar-refractivity contribution in [2.75, 3.05) is 37.7 Å². The number of hydrogen-bond donors (Lipinski definition) is 2. The first-order valence-corrected chi connectivity index (χ1v) is 5.16. The Morgan fingerprint density at radius 2 is 2.09 bits per heavy atom. The Morgan fingerprint density at radius 3 is 2.64 bits per heavy atom. The summed E-state index contributed by atoms with van der Waals surface area (Å²) in [6.07, 6.45) is -0.335. The van der Waals surface area contributed by atoms with Gasteiger partial charge in [0.05, 0.1) is 6.10 Å². The molecule has 3 N–H and O–H groups in total. The van der Waals surface area contributed by atoms with Gasteiger partial charge in [0.2, 0.25) is 0 Å². The Bertz CT molecular complexity index is 107. The van der Waals surface area contributed by atoms with Crippen LogP contribution in [0.4, 0.5) is 0 Å². The molecule has 1 saturated heterocycles. The fourth-order valence-corrected chi connectivity index (χ4v) is 2.14. The van der Waals surface area contributed by atoms with Gasteiger partial charge in [-0.25, -0.2) is 0 Å². The molecular weight excluding hydrogens is 160 g/mol. The van der Waals surface area contributed by atoms with E-state index in [2.05, 4.69) is 4.90 Å². The molecule has 1 rings (SSSR count). The third-order valence-corrected chi connectivity index (χ3v) is 2.79. The minimum absolute atomic E-state index is 0.335. The second kappa shape index (κ2) is 4.98. The molecule has 0 aromatic rings. The Kier molecular flexibility index (Phi) is 4.22. The number of thioether (sulfide) groups is 1. The first-order valence-electron chi connectivity index (χ1n) is 4.01. The van der Waals surface area contributed by atoms with E-state index < -0.39 is 0 Å². The SMILES string of the molecule is NCC(O)CN1CCSCC1. The zero-order valence-corrected chi connectivity index (χ0v) is 7.52. The van der Waals surface area contributed by atoms with E-state index in [1.54, 1.807) is 0 Å². The lowest BCUT2D eigenvalue weighted by atomic mass is 10.3. The summed E-state index contributed by atoms with van der Waals surface area (Å²) in [4.78, 5) is 2.27. The molecule has 1 unspecified atom stereocenters. The van der Waals surface area contributed by atoms with Gasteiger partial charge in [-0.2, -0.15) is 11.8 Å². The van der Waals surface area contributed by atoms with Gasteiger partial charge in [0, 0.05) is 37.7 Å². The van der Waals surface area contributed by atoms with E-state index in [0.717, 1.165) is 19.6 Å². The molecular formula is C7H16N2OS. The second-order valence-electron chi connectivity index (χ2n) is 2.80. The van der Waals surface area contributed by atoms with Gasteiger partial charge in [-0.3, -0.25) is 4.90 Å². The molecule has 1 atom stereocenters. The first-order chi connectivity index (χ1) is 5.33. The molecule has 4 heteroatoms. The van der Waals surface area contributed by atoms with Crippen molar-refractivity contribution in [3.05, 3.63) is 0 Å². The van der Waals surface area contributed by atoms with Gasteiger partial charge >= 0.3 is 0 Å². The fraction of sp³-hybridized carbons (Fsp3) is 1.00. The summed E-state index contributed by atoms with van der Waals surface area (Å²) in [5, 5.41) is 9.24. The molecule has 1 heterocycles. The summed E-state index contributed by atoms with van der Waals surface area (Å²) >= 11 is 1.98. The van der Waals surface area contributed by atoms with Gasteiger partial charge in [0.25, 0.3) is 0 Å². The molecule has 0 radical (unpaired) electrons. The molecule has 0 aromatic heterocycles. The maximum absolute atomic E-state index is 9.24. The Balaban J connectivity index is 2.13. The van der Waals surface area contributed by atoms with Crippen LogP contribution in [0.2, 0.25) is 0 Å². The summed E-state index contributed by atoms with van der Waals surface area (Å²) in [6.45, 7) is 3.32. The molecule has 0 aliphatic carbocycles. The van der Waals surface area contributed by atoms with Crippen LogP contribution in [0.1, 0.15) is 0 Å². The van der Waals surface area contributed by atoms with Crippen molar-refractivity contribution in [3.8, 4) is 0 Å². The molecule has 1 aliphatic heterocycles. The molecule has 1 fully saturated rings. The van der Waals surface area contributed by atoms with Gasteiger partial charge in [-0.1, -0.05) is 0 Å². The number of hydrogen-bond acceptors (Lipinski definition) is 4. The van der Waals surface area contributed by atoms with Crippen molar-refractivity contribution >= 4 is 11.8 Å². The number of aliphatic hydroxyl groups excluding tert-OH is 1. The number of β-amino-alcohol motifs (C(OH)–C–C–N with tert-alkyl or cyclic N) is 1. The highest BCUT2D eigenvalue weighted by molar-refractivity contribution is 7.99. The molecule has 3 nitrogen and oxygen atoms in total. The van der Waals surface area contributed by atoms with Crippen LogP contribution in [-0.2, 0) is 0 Å². The standard InChI is InChI=1S/C7H16N2OS/c8-5-7(10)6-9-1-3-11-4-2-9/h7,10H,1-6,8H2. The monoisotopic (exact) mass is 176 g/mol. The highest BCUT2D eigenvalue weighted by Crippen LogP contribution is 2.08. The van der Waals surface area contributed by atoms with Crippen LogP contribution in [0.5, 0.6) is 0 Å². The van der Waals surface area contributed by atoms with E-state index in [-0.39, 0.29) is 6.10 Å². The number of nitrogens with zero attached hydrogens (tertiary/aromatic N) is 1. The lowest BCUT2D eigenvalue weighted by molar-refractivity contribution is 0.124. The predicted molar refractivity (Wildman–Crippen MR) is 48.8 cm³/mol. The molecule has 0 amide bonds. The molecule has 0 spiro atoms. The second-order valence-corrected chi connectivity index (χ2v) is 4.03. The average Bonchev–Trinajstić information content (AvgIpc) is 2.06. The fourth-order valence-electron chi connectivity index (χ4n) is 1.16. The van der Waals surface area contributed by atoms with Gasteiger partial charge in [0.1, 0.15) is 0 Å². The topological polar surface area (TPSA) is 49.5 Å². The van der Waals surface area contributed by atoms with E-state index >= 15 is 0 Å². The van der Waals surface area contributed by atoms with Crippen LogP contribution in [-0.4, -0.2) is 53.8 Å². The van der Waals surface area contributed by atoms with Crippen molar-refractivity contribution in [1.82, 2.24) is 4.90 Å².